The number of nitrogens with two attached hydrogens (primary N) is 1. The first-order valence-electron chi connectivity index (χ1n) is 9.87. The van der Waals surface area contributed by atoms with E-state index in [2.05, 4.69) is 0 Å². The summed E-state index contributed by atoms with van der Waals surface area (Å²) >= 11 is 1.96. The van der Waals surface area contributed by atoms with Crippen LogP contribution in [0, 0.1) is 26.9 Å². The van der Waals surface area contributed by atoms with E-state index in [0.29, 0.717) is 3.57 Å². The molecule has 1 amide bonds. The van der Waals surface area contributed by atoms with Crippen LogP contribution in [0.25, 0.3) is 0 Å². The van der Waals surface area contributed by atoms with Crippen LogP contribution < -0.4 is 5.73 Å². The molecule has 1 saturated carbocycles. The Morgan fingerprint density at radius 3 is 2.53 bits per heavy atom. The van der Waals surface area contributed by atoms with E-state index in [9.17, 15) is 23.1 Å². The molecule has 0 bridgehead atoms. The zero-order valence-corrected chi connectivity index (χ0v) is 18.3. The maximum atomic E-state index is 14.6. The normalized spacial score (nSPS) is 22.8. The SMILES string of the molecule is NC1CCCC1C1(O)CN(C(=O)c2ccc(F)c(F)c2Cc2ccc(I)cc2F)C1. The maximum Gasteiger partial charge on any atom is 0.254 e. The van der Waals surface area contributed by atoms with Crippen molar-refractivity contribution in [3.8, 4) is 0 Å². The summed E-state index contributed by atoms with van der Waals surface area (Å²) in [5.74, 6) is -3.38. The molecule has 2 aromatic rings. The van der Waals surface area contributed by atoms with E-state index in [4.69, 9.17) is 5.73 Å². The van der Waals surface area contributed by atoms with Crippen LogP contribution in [0.5, 0.6) is 0 Å². The van der Waals surface area contributed by atoms with Gasteiger partial charge in [-0.2, -0.15) is 0 Å². The fourth-order valence-electron chi connectivity index (χ4n) is 4.64. The molecule has 2 aromatic carbocycles. The summed E-state index contributed by atoms with van der Waals surface area (Å²) in [5.41, 5.74) is 5.00. The number of likely N-dealkylation sites (tertiary alicyclic amines) is 1. The van der Waals surface area contributed by atoms with Crippen molar-refractivity contribution in [2.45, 2.75) is 37.3 Å². The average molecular weight is 530 g/mol. The smallest absolute Gasteiger partial charge is 0.254 e. The lowest BCUT2D eigenvalue weighted by molar-refractivity contribution is -0.121. The third-order valence-electron chi connectivity index (χ3n) is 6.28. The van der Waals surface area contributed by atoms with Crippen LogP contribution in [-0.4, -0.2) is 40.6 Å². The molecule has 2 aliphatic rings. The summed E-state index contributed by atoms with van der Waals surface area (Å²) in [6.07, 6.45) is 2.34. The fraction of sp³-hybridized carbons (Fsp3) is 0.409. The second kappa shape index (κ2) is 8.12. The highest BCUT2D eigenvalue weighted by atomic mass is 127. The van der Waals surface area contributed by atoms with Gasteiger partial charge in [0.25, 0.3) is 5.91 Å². The number of hydrogen-bond acceptors (Lipinski definition) is 3. The van der Waals surface area contributed by atoms with Crippen LogP contribution in [0.2, 0.25) is 0 Å². The third-order valence-corrected chi connectivity index (χ3v) is 6.96. The Bertz CT molecular complexity index is 995. The van der Waals surface area contributed by atoms with Gasteiger partial charge >= 0.3 is 0 Å². The van der Waals surface area contributed by atoms with Crippen molar-refractivity contribution < 1.29 is 23.1 Å². The summed E-state index contributed by atoms with van der Waals surface area (Å²) in [4.78, 5) is 14.4. The van der Waals surface area contributed by atoms with E-state index in [0.717, 1.165) is 25.3 Å². The van der Waals surface area contributed by atoms with Gasteiger partial charge in [-0.25, -0.2) is 13.2 Å². The van der Waals surface area contributed by atoms with Crippen LogP contribution in [0.4, 0.5) is 13.2 Å². The minimum Gasteiger partial charge on any atom is -0.386 e. The predicted molar refractivity (Wildman–Crippen MR) is 114 cm³/mol. The molecule has 0 aromatic heterocycles. The second-order valence-electron chi connectivity index (χ2n) is 8.27. The molecule has 1 aliphatic heterocycles. The number of halogens is 4. The van der Waals surface area contributed by atoms with E-state index in [1.807, 2.05) is 22.6 Å². The van der Waals surface area contributed by atoms with Gasteiger partial charge in [0.1, 0.15) is 11.4 Å². The summed E-state index contributed by atoms with van der Waals surface area (Å²) in [5, 5.41) is 10.9. The minimum absolute atomic E-state index is 0.0235. The standard InChI is InChI=1S/C22H22F3IN2O2/c23-17-7-6-14(15(20(17)25)8-12-4-5-13(26)9-18(12)24)21(29)28-10-22(30,11-28)16-2-1-3-19(16)27/h4-7,9,16,19,30H,1-3,8,10-11,27H2. The largest absolute Gasteiger partial charge is 0.386 e. The number of aliphatic hydroxyl groups is 1. The number of amides is 1. The van der Waals surface area contributed by atoms with Gasteiger partial charge in [-0.1, -0.05) is 12.5 Å². The highest BCUT2D eigenvalue weighted by Crippen LogP contribution is 2.39. The highest BCUT2D eigenvalue weighted by molar-refractivity contribution is 14.1. The first-order valence-corrected chi connectivity index (χ1v) is 11.0. The van der Waals surface area contributed by atoms with Crippen molar-refractivity contribution in [2.24, 2.45) is 11.7 Å². The number of nitrogens with zero attached hydrogens (tertiary/aromatic N) is 1. The molecule has 2 atom stereocenters. The lowest BCUT2D eigenvalue weighted by Crippen LogP contribution is -2.68. The molecule has 2 fully saturated rings. The van der Waals surface area contributed by atoms with Crippen LogP contribution in [0.3, 0.4) is 0 Å². The Kier molecular flexibility index (Phi) is 5.84. The lowest BCUT2D eigenvalue weighted by Gasteiger charge is -2.51. The van der Waals surface area contributed by atoms with Gasteiger partial charge in [0.05, 0.1) is 13.1 Å². The Hall–Kier alpha value is -1.65. The molecular weight excluding hydrogens is 508 g/mol. The van der Waals surface area contributed by atoms with E-state index in [-0.39, 0.29) is 48.2 Å². The molecule has 0 spiro atoms. The topological polar surface area (TPSA) is 66.6 Å². The van der Waals surface area contributed by atoms with Crippen LogP contribution in [-0.2, 0) is 6.42 Å². The molecule has 160 valence electrons. The van der Waals surface area contributed by atoms with Gasteiger partial charge in [0.15, 0.2) is 11.6 Å². The number of carbonyl (C=O) groups is 1. The van der Waals surface area contributed by atoms with Gasteiger partial charge in [-0.05, 0) is 65.3 Å². The van der Waals surface area contributed by atoms with Gasteiger partial charge in [0.2, 0.25) is 0 Å². The van der Waals surface area contributed by atoms with E-state index in [1.54, 1.807) is 6.07 Å². The van der Waals surface area contributed by atoms with Crippen molar-refractivity contribution in [2.75, 3.05) is 13.1 Å². The van der Waals surface area contributed by atoms with Crippen molar-refractivity contribution in [3.63, 3.8) is 0 Å². The number of rotatable bonds is 4. The molecule has 0 radical (unpaired) electrons. The predicted octanol–water partition coefficient (Wildman–Crippen LogP) is 3.61. The minimum atomic E-state index is -1.16. The highest BCUT2D eigenvalue weighted by Gasteiger charge is 2.52. The zero-order chi connectivity index (χ0) is 21.6. The fourth-order valence-corrected chi connectivity index (χ4v) is 5.09. The first-order chi connectivity index (χ1) is 14.2. The molecule has 3 N–H and O–H groups in total. The van der Waals surface area contributed by atoms with Crippen LogP contribution >= 0.6 is 22.6 Å². The van der Waals surface area contributed by atoms with Crippen LogP contribution in [0.1, 0.15) is 40.7 Å². The molecule has 8 heteroatoms. The maximum absolute atomic E-state index is 14.6. The molecule has 4 rings (SSSR count). The quantitative estimate of drug-likeness (QED) is 0.594. The summed E-state index contributed by atoms with van der Waals surface area (Å²) in [6.45, 7) is 0.195. The molecule has 2 unspecified atom stereocenters. The molecule has 30 heavy (non-hydrogen) atoms. The van der Waals surface area contributed by atoms with E-state index < -0.39 is 29.0 Å². The number of β-amino-alcohol motifs (C(OH)–C–C–N with tert-alkyl or cyclic N) is 1. The number of carbonyl (C=O) groups excluding carboxylic acids is 1. The van der Waals surface area contributed by atoms with E-state index in [1.165, 1.54) is 23.1 Å². The Morgan fingerprint density at radius 2 is 1.90 bits per heavy atom. The van der Waals surface area contributed by atoms with Crippen molar-refractivity contribution in [1.29, 1.82) is 0 Å². The van der Waals surface area contributed by atoms with Crippen molar-refractivity contribution in [3.05, 3.63) is 68.0 Å². The van der Waals surface area contributed by atoms with Gasteiger partial charge in [-0.3, -0.25) is 4.79 Å². The molecule has 1 heterocycles. The second-order valence-corrected chi connectivity index (χ2v) is 9.51. The Labute approximate surface area is 186 Å². The van der Waals surface area contributed by atoms with E-state index >= 15 is 0 Å². The Morgan fingerprint density at radius 1 is 1.17 bits per heavy atom. The summed E-state index contributed by atoms with van der Waals surface area (Å²) in [7, 11) is 0. The average Bonchev–Trinajstić information content (AvgIpc) is 3.11. The summed E-state index contributed by atoms with van der Waals surface area (Å²) in [6, 6.07) is 6.48. The first kappa shape index (κ1) is 21.6. The number of benzene rings is 2. The molecule has 1 saturated heterocycles. The van der Waals surface area contributed by atoms with Crippen molar-refractivity contribution >= 4 is 28.5 Å². The molecule has 1 aliphatic carbocycles. The number of hydrogen-bond donors (Lipinski definition) is 2. The molecule has 4 nitrogen and oxygen atoms in total. The van der Waals surface area contributed by atoms with Gasteiger partial charge < -0.3 is 15.7 Å². The molecular formula is C22H22F3IN2O2. The zero-order valence-electron chi connectivity index (χ0n) is 16.2. The summed E-state index contributed by atoms with van der Waals surface area (Å²) < 4.78 is 43.5. The third kappa shape index (κ3) is 3.85. The monoisotopic (exact) mass is 530 g/mol. The van der Waals surface area contributed by atoms with Gasteiger partial charge in [0, 0.05) is 33.1 Å². The lowest BCUT2D eigenvalue weighted by atomic mass is 9.77. The van der Waals surface area contributed by atoms with Crippen molar-refractivity contribution in [1.82, 2.24) is 4.90 Å². The van der Waals surface area contributed by atoms with Crippen LogP contribution in [0.15, 0.2) is 30.3 Å². The van der Waals surface area contributed by atoms with Gasteiger partial charge in [-0.15, -0.1) is 0 Å². The Balaban J connectivity index is 1.58.